The van der Waals surface area contributed by atoms with Gasteiger partial charge in [-0.2, -0.15) is 5.26 Å². The second kappa shape index (κ2) is 5.93. The van der Waals surface area contributed by atoms with Gasteiger partial charge in [0.25, 0.3) is 0 Å². The molecule has 0 fully saturated rings. The summed E-state index contributed by atoms with van der Waals surface area (Å²) in [5.41, 5.74) is -0.622. The summed E-state index contributed by atoms with van der Waals surface area (Å²) < 4.78 is 0. The molecule has 0 saturated carbocycles. The summed E-state index contributed by atoms with van der Waals surface area (Å²) in [6, 6.07) is 2.97. The molecule has 2 aromatic rings. The summed E-state index contributed by atoms with van der Waals surface area (Å²) in [7, 11) is 0. The van der Waals surface area contributed by atoms with Crippen LogP contribution >= 0.6 is 11.3 Å². The number of nitro groups is 1. The van der Waals surface area contributed by atoms with Crippen LogP contribution in [0.5, 0.6) is 0 Å². The van der Waals surface area contributed by atoms with E-state index < -0.39 is 16.6 Å². The molecule has 0 atom stereocenters. The van der Waals surface area contributed by atoms with Gasteiger partial charge in [0.15, 0.2) is 5.69 Å². The SMILES string of the molecule is N#Cc1ccnc(NCc2nc(C(=O)O)cs2)c1[N+](=O)[O-]. The van der Waals surface area contributed by atoms with Crippen molar-refractivity contribution in [1.29, 1.82) is 5.26 Å². The Hall–Kier alpha value is -3.06. The quantitative estimate of drug-likeness (QED) is 0.626. The summed E-state index contributed by atoms with van der Waals surface area (Å²) in [6.45, 7) is 0.0701. The summed E-state index contributed by atoms with van der Waals surface area (Å²) in [5, 5.41) is 33.1. The third kappa shape index (κ3) is 3.10. The van der Waals surface area contributed by atoms with Gasteiger partial charge >= 0.3 is 11.7 Å². The van der Waals surface area contributed by atoms with Crippen molar-refractivity contribution in [3.63, 3.8) is 0 Å². The van der Waals surface area contributed by atoms with Crippen LogP contribution in [-0.2, 0) is 6.54 Å². The molecule has 0 aromatic carbocycles. The van der Waals surface area contributed by atoms with E-state index in [9.17, 15) is 14.9 Å². The van der Waals surface area contributed by atoms with Crippen LogP contribution in [-0.4, -0.2) is 26.0 Å². The van der Waals surface area contributed by atoms with Crippen molar-refractivity contribution in [1.82, 2.24) is 9.97 Å². The van der Waals surface area contributed by atoms with Crippen LogP contribution in [0, 0.1) is 21.4 Å². The molecule has 0 unspecified atom stereocenters. The standard InChI is InChI=1S/C11H7N5O4S/c12-3-6-1-2-13-10(9(6)16(19)20)14-4-8-15-7(5-21-8)11(17)18/h1-2,5H,4H2,(H,13,14)(H,17,18). The molecule has 9 nitrogen and oxygen atoms in total. The molecule has 0 aliphatic heterocycles. The number of anilines is 1. The Balaban J connectivity index is 2.22. The molecule has 10 heteroatoms. The predicted octanol–water partition coefficient (Wildman–Crippen LogP) is 1.63. The zero-order valence-corrected chi connectivity index (χ0v) is 11.1. The molecule has 0 spiro atoms. The maximum absolute atomic E-state index is 11.0. The van der Waals surface area contributed by atoms with Crippen molar-refractivity contribution in [2.24, 2.45) is 0 Å². The predicted molar refractivity (Wildman–Crippen MR) is 72.0 cm³/mol. The average molecular weight is 305 g/mol. The third-order valence-electron chi connectivity index (χ3n) is 2.41. The molecule has 2 heterocycles. The van der Waals surface area contributed by atoms with Crippen LogP contribution < -0.4 is 5.32 Å². The van der Waals surface area contributed by atoms with Crippen molar-refractivity contribution in [2.75, 3.05) is 5.32 Å². The number of nitrogens with one attached hydrogen (secondary N) is 1. The summed E-state index contributed by atoms with van der Waals surface area (Å²) in [5.74, 6) is -1.21. The molecule has 106 valence electrons. The number of nitrogens with zero attached hydrogens (tertiary/aromatic N) is 4. The molecule has 0 radical (unpaired) electrons. The highest BCUT2D eigenvalue weighted by Gasteiger charge is 2.21. The van der Waals surface area contributed by atoms with E-state index in [1.807, 2.05) is 0 Å². The van der Waals surface area contributed by atoms with E-state index in [2.05, 4.69) is 15.3 Å². The number of hydrogen-bond acceptors (Lipinski definition) is 8. The summed E-state index contributed by atoms with van der Waals surface area (Å²) in [4.78, 5) is 28.7. The van der Waals surface area contributed by atoms with Crippen LogP contribution in [0.4, 0.5) is 11.5 Å². The summed E-state index contributed by atoms with van der Waals surface area (Å²) in [6.07, 6.45) is 1.28. The minimum Gasteiger partial charge on any atom is -0.476 e. The third-order valence-corrected chi connectivity index (χ3v) is 3.25. The fraction of sp³-hybridized carbons (Fsp3) is 0.0909. The van der Waals surface area contributed by atoms with E-state index in [1.165, 1.54) is 17.6 Å². The minimum atomic E-state index is -1.15. The van der Waals surface area contributed by atoms with Gasteiger partial charge in [-0.05, 0) is 6.07 Å². The number of carbonyl (C=O) groups is 1. The second-order valence-electron chi connectivity index (χ2n) is 3.71. The van der Waals surface area contributed by atoms with Crippen molar-refractivity contribution >= 4 is 28.8 Å². The maximum Gasteiger partial charge on any atom is 0.355 e. The Kier molecular flexibility index (Phi) is 4.05. The lowest BCUT2D eigenvalue weighted by molar-refractivity contribution is -0.384. The summed E-state index contributed by atoms with van der Waals surface area (Å²) >= 11 is 1.10. The highest BCUT2D eigenvalue weighted by molar-refractivity contribution is 7.09. The van der Waals surface area contributed by atoms with Crippen molar-refractivity contribution in [3.8, 4) is 6.07 Å². The molecule has 0 amide bonds. The van der Waals surface area contributed by atoms with Gasteiger partial charge in [-0.3, -0.25) is 10.1 Å². The lowest BCUT2D eigenvalue weighted by atomic mass is 10.2. The normalized spacial score (nSPS) is 9.86. The van der Waals surface area contributed by atoms with Gasteiger partial charge in [0.2, 0.25) is 5.82 Å². The molecular formula is C11H7N5O4S. The Labute approximate surface area is 121 Å². The Morgan fingerprint density at radius 1 is 1.62 bits per heavy atom. The monoisotopic (exact) mass is 305 g/mol. The molecule has 21 heavy (non-hydrogen) atoms. The number of nitriles is 1. The molecule has 0 aliphatic carbocycles. The first kappa shape index (κ1) is 14.4. The molecular weight excluding hydrogens is 298 g/mol. The highest BCUT2D eigenvalue weighted by Crippen LogP contribution is 2.26. The van der Waals surface area contributed by atoms with E-state index >= 15 is 0 Å². The van der Waals surface area contributed by atoms with Crippen LogP contribution in [0.25, 0.3) is 0 Å². The van der Waals surface area contributed by atoms with E-state index in [-0.39, 0.29) is 23.6 Å². The lowest BCUT2D eigenvalue weighted by Crippen LogP contribution is -2.06. The van der Waals surface area contributed by atoms with Crippen molar-refractivity contribution in [2.45, 2.75) is 6.54 Å². The van der Waals surface area contributed by atoms with E-state index in [0.29, 0.717) is 5.01 Å². The number of aromatic carboxylic acids is 1. The van der Waals surface area contributed by atoms with Crippen LogP contribution in [0.3, 0.4) is 0 Å². The van der Waals surface area contributed by atoms with Gasteiger partial charge in [-0.25, -0.2) is 14.8 Å². The zero-order chi connectivity index (χ0) is 15.4. The Morgan fingerprint density at radius 3 is 2.95 bits per heavy atom. The van der Waals surface area contributed by atoms with Gasteiger partial charge < -0.3 is 10.4 Å². The first-order valence-corrected chi connectivity index (χ1v) is 6.36. The van der Waals surface area contributed by atoms with Gasteiger partial charge in [0, 0.05) is 11.6 Å². The smallest absolute Gasteiger partial charge is 0.355 e. The Morgan fingerprint density at radius 2 is 2.38 bits per heavy atom. The number of rotatable bonds is 5. The molecule has 0 saturated heterocycles. The molecule has 2 aromatic heterocycles. The number of pyridine rings is 1. The first-order chi connectivity index (χ1) is 10.0. The lowest BCUT2D eigenvalue weighted by Gasteiger charge is -2.04. The average Bonchev–Trinajstić information content (AvgIpc) is 2.93. The van der Waals surface area contributed by atoms with Gasteiger partial charge in [0.05, 0.1) is 11.5 Å². The van der Waals surface area contributed by atoms with E-state index in [4.69, 9.17) is 10.4 Å². The van der Waals surface area contributed by atoms with Gasteiger partial charge in [-0.15, -0.1) is 11.3 Å². The topological polar surface area (TPSA) is 142 Å². The minimum absolute atomic E-state index is 0.0638. The van der Waals surface area contributed by atoms with E-state index in [0.717, 1.165) is 11.3 Å². The van der Waals surface area contributed by atoms with Crippen LogP contribution in [0.2, 0.25) is 0 Å². The highest BCUT2D eigenvalue weighted by atomic mass is 32.1. The molecule has 0 aliphatic rings. The van der Waals surface area contributed by atoms with Gasteiger partial charge in [-0.1, -0.05) is 0 Å². The number of carboxylic acid groups (broad SMARTS) is 1. The molecule has 2 rings (SSSR count). The maximum atomic E-state index is 11.0. The van der Waals surface area contributed by atoms with Crippen molar-refractivity contribution < 1.29 is 14.8 Å². The fourth-order valence-electron chi connectivity index (χ4n) is 1.51. The zero-order valence-electron chi connectivity index (χ0n) is 10.3. The van der Waals surface area contributed by atoms with Crippen molar-refractivity contribution in [3.05, 3.63) is 44.0 Å². The molecule has 0 bridgehead atoms. The van der Waals surface area contributed by atoms with Crippen LogP contribution in [0.1, 0.15) is 21.1 Å². The van der Waals surface area contributed by atoms with E-state index in [1.54, 1.807) is 6.07 Å². The number of hydrogen-bond donors (Lipinski definition) is 2. The Bertz CT molecular complexity index is 751. The molecule has 2 N–H and O–H groups in total. The second-order valence-corrected chi connectivity index (χ2v) is 4.65. The first-order valence-electron chi connectivity index (χ1n) is 5.48. The van der Waals surface area contributed by atoms with Crippen LogP contribution in [0.15, 0.2) is 17.6 Å². The fourth-order valence-corrected chi connectivity index (χ4v) is 2.22. The number of thiazole rings is 1. The van der Waals surface area contributed by atoms with Gasteiger partial charge in [0.1, 0.15) is 16.6 Å². The largest absolute Gasteiger partial charge is 0.476 e. The number of aromatic nitrogens is 2. The number of carboxylic acids is 1.